The summed E-state index contributed by atoms with van der Waals surface area (Å²) in [5, 5.41) is 0. The summed E-state index contributed by atoms with van der Waals surface area (Å²) in [6.07, 6.45) is 9.68. The predicted octanol–water partition coefficient (Wildman–Crippen LogP) is 6.35. The smallest absolute Gasteiger partial charge is 0.344 e. The second-order valence-electron chi connectivity index (χ2n) is 11.2. The van der Waals surface area contributed by atoms with Gasteiger partial charge < -0.3 is 9.47 Å². The molecule has 1 aromatic carbocycles. The minimum atomic E-state index is -0.270. The molecule has 0 heterocycles. The van der Waals surface area contributed by atoms with Crippen LogP contribution in [0.4, 0.5) is 0 Å². The Labute approximate surface area is 199 Å². The highest BCUT2D eigenvalue weighted by Gasteiger charge is 2.60. The molecule has 32 heavy (non-hydrogen) atoms. The van der Waals surface area contributed by atoms with Crippen molar-refractivity contribution < 1.29 is 19.1 Å². The molecule has 0 radical (unpaired) electrons. The highest BCUT2D eigenvalue weighted by molar-refractivity contribution is 9.10. The third kappa shape index (κ3) is 3.82. The van der Waals surface area contributed by atoms with Crippen LogP contribution in [0.5, 0.6) is 5.75 Å². The molecule has 1 aromatic rings. The number of Topliss-reactive ketones (excluding diaryl/α,β-unsaturated/α-hetero) is 1. The number of carbonyl (C=O) groups excluding carboxylic acids is 2. The van der Waals surface area contributed by atoms with Crippen molar-refractivity contribution in [2.24, 2.45) is 34.5 Å². The van der Waals surface area contributed by atoms with Crippen molar-refractivity contribution >= 4 is 27.7 Å². The van der Waals surface area contributed by atoms with Gasteiger partial charge in [-0.2, -0.15) is 0 Å². The van der Waals surface area contributed by atoms with Crippen molar-refractivity contribution in [1.29, 1.82) is 0 Å². The van der Waals surface area contributed by atoms with Crippen LogP contribution in [0.25, 0.3) is 0 Å². The van der Waals surface area contributed by atoms with Crippen LogP contribution >= 0.6 is 15.9 Å². The average molecular weight is 503 g/mol. The van der Waals surface area contributed by atoms with E-state index >= 15 is 0 Å². The predicted molar refractivity (Wildman–Crippen MR) is 126 cm³/mol. The van der Waals surface area contributed by atoms with Crippen LogP contribution in [-0.4, -0.2) is 24.5 Å². The Morgan fingerprint density at radius 1 is 1.03 bits per heavy atom. The largest absolute Gasteiger partial charge is 0.482 e. The summed E-state index contributed by atoms with van der Waals surface area (Å²) in [6.45, 7) is 4.71. The fraction of sp³-hybridized carbons (Fsp3) is 0.704. The number of carbonyl (C=O) groups is 2. The lowest BCUT2D eigenvalue weighted by molar-refractivity contribution is -0.164. The van der Waals surface area contributed by atoms with Crippen molar-refractivity contribution in [2.45, 2.75) is 77.7 Å². The van der Waals surface area contributed by atoms with Crippen LogP contribution < -0.4 is 4.74 Å². The minimum Gasteiger partial charge on any atom is -0.482 e. The molecule has 0 aliphatic heterocycles. The molecule has 0 saturated heterocycles. The molecule has 0 aromatic heterocycles. The van der Waals surface area contributed by atoms with Crippen LogP contribution in [-0.2, 0) is 14.3 Å². The molecule has 0 N–H and O–H groups in total. The van der Waals surface area contributed by atoms with Gasteiger partial charge in [0.25, 0.3) is 0 Å². The van der Waals surface area contributed by atoms with Gasteiger partial charge in [0.15, 0.2) is 6.61 Å². The van der Waals surface area contributed by atoms with Crippen molar-refractivity contribution in [3.8, 4) is 5.75 Å². The molecule has 174 valence electrons. The summed E-state index contributed by atoms with van der Waals surface area (Å²) in [5.41, 5.74) is 0.276. The van der Waals surface area contributed by atoms with E-state index in [-0.39, 0.29) is 24.1 Å². The first-order valence-electron chi connectivity index (χ1n) is 12.4. The van der Waals surface area contributed by atoms with Gasteiger partial charge in [-0.05, 0) is 105 Å². The summed E-state index contributed by atoms with van der Waals surface area (Å²) < 4.78 is 12.4. The molecule has 0 spiro atoms. The standard InChI is InChI=1S/C27H35BrO4/c1-26-13-11-20(32-25(30)16-31-19-6-4-18(28)5-7-19)15-17(26)3-8-21-22-9-10-24(29)27(22,2)14-12-23(21)26/h4-7,17,20-23H,3,8-16H2,1-2H3/t17-,20-,21-,22-,23-,26-,27-/m0/s1. The highest BCUT2D eigenvalue weighted by Crippen LogP contribution is 2.65. The Hall–Kier alpha value is -1.36. The Kier molecular flexibility index (Phi) is 5.92. The minimum absolute atomic E-state index is 0.00700. The van der Waals surface area contributed by atoms with Crippen LogP contribution in [0, 0.1) is 34.5 Å². The van der Waals surface area contributed by atoms with Crippen LogP contribution in [0.15, 0.2) is 28.7 Å². The van der Waals surface area contributed by atoms with Gasteiger partial charge in [-0.3, -0.25) is 4.79 Å². The highest BCUT2D eigenvalue weighted by atomic mass is 79.9. The molecule has 5 heteroatoms. The quantitative estimate of drug-likeness (QED) is 0.450. The Balaban J connectivity index is 1.18. The maximum atomic E-state index is 12.6. The lowest BCUT2D eigenvalue weighted by Gasteiger charge is -2.60. The van der Waals surface area contributed by atoms with Gasteiger partial charge in [-0.25, -0.2) is 4.79 Å². The molecule has 4 fully saturated rings. The van der Waals surface area contributed by atoms with Crippen LogP contribution in [0.3, 0.4) is 0 Å². The van der Waals surface area contributed by atoms with E-state index in [1.165, 1.54) is 19.3 Å². The number of fused-ring (bicyclic) bond motifs is 5. The van der Waals surface area contributed by atoms with E-state index in [1.54, 1.807) is 0 Å². The van der Waals surface area contributed by atoms with Gasteiger partial charge in [0.1, 0.15) is 17.6 Å². The lowest BCUT2D eigenvalue weighted by atomic mass is 9.45. The van der Waals surface area contributed by atoms with E-state index in [1.807, 2.05) is 24.3 Å². The number of esters is 1. The fourth-order valence-corrected chi connectivity index (χ4v) is 8.25. The van der Waals surface area contributed by atoms with E-state index in [2.05, 4.69) is 29.8 Å². The molecular formula is C27H35BrO4. The summed E-state index contributed by atoms with van der Waals surface area (Å²) >= 11 is 3.40. The zero-order valence-corrected chi connectivity index (χ0v) is 20.9. The first-order valence-corrected chi connectivity index (χ1v) is 13.2. The summed E-state index contributed by atoms with van der Waals surface area (Å²) in [6, 6.07) is 7.48. The monoisotopic (exact) mass is 502 g/mol. The lowest BCUT2D eigenvalue weighted by Crippen LogP contribution is -2.54. The van der Waals surface area contributed by atoms with E-state index in [0.717, 1.165) is 48.9 Å². The number of benzene rings is 1. The SMILES string of the molecule is C[C@]12CC[C@H](OC(=O)COc3ccc(Br)cc3)C[C@@H]1CC[C@@H]1[C@@H]2CC[C@]2(C)C(=O)CC[C@@H]12. The van der Waals surface area contributed by atoms with Gasteiger partial charge in [-0.15, -0.1) is 0 Å². The van der Waals surface area contributed by atoms with Crippen molar-refractivity contribution in [2.75, 3.05) is 6.61 Å². The molecular weight excluding hydrogens is 468 g/mol. The van der Waals surface area contributed by atoms with Gasteiger partial charge in [-0.1, -0.05) is 29.8 Å². The molecule has 4 aliphatic carbocycles. The number of rotatable bonds is 4. The zero-order chi connectivity index (χ0) is 22.5. The molecule has 4 nitrogen and oxygen atoms in total. The number of hydrogen-bond acceptors (Lipinski definition) is 4. The number of ketones is 1. The van der Waals surface area contributed by atoms with E-state index < -0.39 is 0 Å². The molecule has 5 rings (SSSR count). The first kappa shape index (κ1) is 22.4. The molecule has 0 bridgehead atoms. The Bertz CT molecular complexity index is 882. The number of ether oxygens (including phenoxy) is 2. The molecule has 0 amide bonds. The van der Waals surface area contributed by atoms with Gasteiger partial charge in [0, 0.05) is 16.3 Å². The topological polar surface area (TPSA) is 52.6 Å². The van der Waals surface area contributed by atoms with Gasteiger partial charge >= 0.3 is 5.97 Å². The summed E-state index contributed by atoms with van der Waals surface area (Å²) in [7, 11) is 0. The van der Waals surface area contributed by atoms with E-state index in [4.69, 9.17) is 9.47 Å². The van der Waals surface area contributed by atoms with Gasteiger partial charge in [0.05, 0.1) is 0 Å². The second kappa shape index (κ2) is 8.45. The molecule has 4 saturated carbocycles. The third-order valence-electron chi connectivity index (χ3n) is 9.80. The number of hydrogen-bond donors (Lipinski definition) is 0. The van der Waals surface area contributed by atoms with Crippen molar-refractivity contribution in [1.82, 2.24) is 0 Å². The summed E-state index contributed by atoms with van der Waals surface area (Å²) in [4.78, 5) is 25.0. The van der Waals surface area contributed by atoms with E-state index in [0.29, 0.717) is 34.7 Å². The fourth-order valence-electron chi connectivity index (χ4n) is 7.99. The van der Waals surface area contributed by atoms with Crippen molar-refractivity contribution in [3.63, 3.8) is 0 Å². The maximum Gasteiger partial charge on any atom is 0.344 e. The maximum absolute atomic E-state index is 12.6. The first-order chi connectivity index (χ1) is 15.3. The second-order valence-corrected chi connectivity index (χ2v) is 12.1. The zero-order valence-electron chi connectivity index (χ0n) is 19.3. The molecule has 0 unspecified atom stereocenters. The molecule has 7 atom stereocenters. The Morgan fingerprint density at radius 3 is 2.59 bits per heavy atom. The number of halogens is 1. The van der Waals surface area contributed by atoms with Crippen LogP contribution in [0.2, 0.25) is 0 Å². The third-order valence-corrected chi connectivity index (χ3v) is 10.3. The van der Waals surface area contributed by atoms with E-state index in [9.17, 15) is 9.59 Å². The Morgan fingerprint density at radius 2 is 1.81 bits per heavy atom. The van der Waals surface area contributed by atoms with Gasteiger partial charge in [0.2, 0.25) is 0 Å². The molecule has 4 aliphatic rings. The normalized spacial score (nSPS) is 40.7. The summed E-state index contributed by atoms with van der Waals surface area (Å²) in [5.74, 6) is 3.57. The van der Waals surface area contributed by atoms with Crippen LogP contribution in [0.1, 0.15) is 71.6 Å². The van der Waals surface area contributed by atoms with Crippen molar-refractivity contribution in [3.05, 3.63) is 28.7 Å². The average Bonchev–Trinajstić information content (AvgIpc) is 3.08.